The predicted octanol–water partition coefficient (Wildman–Crippen LogP) is 0.274. The number of carbonyl (C=O) groups is 2. The Bertz CT molecular complexity index is 406. The molecular weight excluding hydrogens is 212 g/mol. The number of nitrogens with one attached hydrogen (secondary N) is 1. The number of anilines is 1. The Hall–Kier alpha value is -1.92. The number of Topliss-reactive ketones (excluding diaryl/α,β-unsaturated/α-hetero) is 1. The zero-order valence-electron chi connectivity index (χ0n) is 8.38. The Kier molecular flexibility index (Phi) is 3.98. The minimum Gasteiger partial charge on any atom is -0.480 e. The summed E-state index contributed by atoms with van der Waals surface area (Å²) in [7, 11) is 0. The standard InChI is InChI=1S/C10H12N2O4/c11-7-4-2-1-3-6(7)9(13)5-8(12-16)10(14)15/h1-4,8,12,16H,5,11H2,(H,14,15). The summed E-state index contributed by atoms with van der Waals surface area (Å²) in [6, 6.07) is 5.03. The molecule has 1 aromatic carbocycles. The summed E-state index contributed by atoms with van der Waals surface area (Å²) in [6.45, 7) is 0. The summed E-state index contributed by atoms with van der Waals surface area (Å²) in [5, 5.41) is 17.2. The van der Waals surface area contributed by atoms with Gasteiger partial charge in [-0.25, -0.2) is 0 Å². The van der Waals surface area contributed by atoms with E-state index in [1.165, 1.54) is 6.07 Å². The Morgan fingerprint density at radius 2 is 2.00 bits per heavy atom. The summed E-state index contributed by atoms with van der Waals surface area (Å²) in [5.41, 5.74) is 7.66. The summed E-state index contributed by atoms with van der Waals surface area (Å²) in [4.78, 5) is 22.2. The number of carbonyl (C=O) groups excluding carboxylic acids is 1. The first-order valence-electron chi connectivity index (χ1n) is 4.56. The quantitative estimate of drug-likeness (QED) is 0.324. The van der Waals surface area contributed by atoms with E-state index < -0.39 is 17.8 Å². The van der Waals surface area contributed by atoms with Gasteiger partial charge in [0.05, 0.1) is 0 Å². The van der Waals surface area contributed by atoms with Crippen LogP contribution in [0.15, 0.2) is 24.3 Å². The van der Waals surface area contributed by atoms with Crippen LogP contribution in [0, 0.1) is 0 Å². The van der Waals surface area contributed by atoms with Crippen LogP contribution in [0.25, 0.3) is 0 Å². The fraction of sp³-hybridized carbons (Fsp3) is 0.200. The van der Waals surface area contributed by atoms with Crippen molar-refractivity contribution in [1.82, 2.24) is 5.48 Å². The molecule has 5 N–H and O–H groups in total. The molecule has 0 heterocycles. The predicted molar refractivity (Wildman–Crippen MR) is 56.1 cm³/mol. The number of para-hydroxylation sites is 1. The molecule has 6 heteroatoms. The molecule has 86 valence electrons. The average Bonchev–Trinajstić information content (AvgIpc) is 2.25. The van der Waals surface area contributed by atoms with Crippen molar-refractivity contribution in [1.29, 1.82) is 0 Å². The molecule has 0 bridgehead atoms. The topological polar surface area (TPSA) is 113 Å². The van der Waals surface area contributed by atoms with E-state index >= 15 is 0 Å². The van der Waals surface area contributed by atoms with Gasteiger partial charge in [-0.1, -0.05) is 12.1 Å². The van der Waals surface area contributed by atoms with Crippen LogP contribution in [0.3, 0.4) is 0 Å². The zero-order chi connectivity index (χ0) is 12.1. The lowest BCUT2D eigenvalue weighted by atomic mass is 10.0. The molecule has 0 aromatic heterocycles. The van der Waals surface area contributed by atoms with Gasteiger partial charge in [-0.2, -0.15) is 5.48 Å². The first kappa shape index (κ1) is 12.2. The van der Waals surface area contributed by atoms with Crippen LogP contribution in [0.1, 0.15) is 16.8 Å². The normalized spacial score (nSPS) is 12.1. The van der Waals surface area contributed by atoms with Crippen LogP contribution in [0.2, 0.25) is 0 Å². The summed E-state index contributed by atoms with van der Waals surface area (Å²) >= 11 is 0. The van der Waals surface area contributed by atoms with Crippen molar-refractivity contribution >= 4 is 17.4 Å². The second-order valence-corrected chi connectivity index (χ2v) is 3.23. The molecular formula is C10H12N2O4. The van der Waals surface area contributed by atoms with Gasteiger partial charge in [-0.3, -0.25) is 9.59 Å². The van der Waals surface area contributed by atoms with Crippen molar-refractivity contribution in [3.05, 3.63) is 29.8 Å². The maximum Gasteiger partial charge on any atom is 0.323 e. The Balaban J connectivity index is 2.80. The lowest BCUT2D eigenvalue weighted by molar-refractivity contribution is -0.142. The number of carboxylic acids is 1. The highest BCUT2D eigenvalue weighted by atomic mass is 16.5. The van der Waals surface area contributed by atoms with Crippen LogP contribution in [0.5, 0.6) is 0 Å². The average molecular weight is 224 g/mol. The van der Waals surface area contributed by atoms with E-state index in [4.69, 9.17) is 16.0 Å². The second kappa shape index (κ2) is 5.24. The minimum absolute atomic E-state index is 0.254. The van der Waals surface area contributed by atoms with Crippen LogP contribution in [-0.4, -0.2) is 28.1 Å². The van der Waals surface area contributed by atoms with Gasteiger partial charge in [0.1, 0.15) is 6.04 Å². The first-order valence-corrected chi connectivity index (χ1v) is 4.56. The Labute approximate surface area is 91.6 Å². The van der Waals surface area contributed by atoms with Gasteiger partial charge in [-0.05, 0) is 12.1 Å². The van der Waals surface area contributed by atoms with E-state index in [1.54, 1.807) is 23.7 Å². The molecule has 0 aliphatic carbocycles. The Morgan fingerprint density at radius 3 is 2.50 bits per heavy atom. The number of hydrogen-bond acceptors (Lipinski definition) is 5. The molecule has 0 aliphatic heterocycles. The lowest BCUT2D eigenvalue weighted by Crippen LogP contribution is -2.36. The number of nitrogens with two attached hydrogens (primary N) is 1. The SMILES string of the molecule is Nc1ccccc1C(=O)CC(NO)C(=O)O. The monoisotopic (exact) mass is 224 g/mol. The van der Waals surface area contributed by atoms with Gasteiger partial charge < -0.3 is 16.0 Å². The van der Waals surface area contributed by atoms with Crippen molar-refractivity contribution in [2.75, 3.05) is 5.73 Å². The molecule has 1 unspecified atom stereocenters. The lowest BCUT2D eigenvalue weighted by Gasteiger charge is -2.09. The molecule has 6 nitrogen and oxygen atoms in total. The molecule has 0 saturated heterocycles. The van der Waals surface area contributed by atoms with Crippen LogP contribution >= 0.6 is 0 Å². The number of aliphatic carboxylic acids is 1. The van der Waals surface area contributed by atoms with Gasteiger partial charge in [0.15, 0.2) is 5.78 Å². The smallest absolute Gasteiger partial charge is 0.323 e. The number of benzene rings is 1. The van der Waals surface area contributed by atoms with Crippen LogP contribution < -0.4 is 11.2 Å². The molecule has 0 spiro atoms. The fourth-order valence-corrected chi connectivity index (χ4v) is 1.23. The maximum absolute atomic E-state index is 11.6. The van der Waals surface area contributed by atoms with Gasteiger partial charge in [0.25, 0.3) is 0 Å². The fourth-order valence-electron chi connectivity index (χ4n) is 1.23. The molecule has 1 atom stereocenters. The highest BCUT2D eigenvalue weighted by Crippen LogP contribution is 2.13. The number of hydrogen-bond donors (Lipinski definition) is 4. The molecule has 16 heavy (non-hydrogen) atoms. The van der Waals surface area contributed by atoms with Crippen molar-refractivity contribution in [2.24, 2.45) is 0 Å². The molecule has 1 rings (SSSR count). The summed E-state index contributed by atoms with van der Waals surface area (Å²) in [5.74, 6) is -1.74. The molecule has 1 aromatic rings. The van der Waals surface area contributed by atoms with Crippen molar-refractivity contribution < 1.29 is 19.9 Å². The van der Waals surface area contributed by atoms with Crippen molar-refractivity contribution in [2.45, 2.75) is 12.5 Å². The second-order valence-electron chi connectivity index (χ2n) is 3.23. The van der Waals surface area contributed by atoms with Crippen molar-refractivity contribution in [3.63, 3.8) is 0 Å². The minimum atomic E-state index is -1.33. The zero-order valence-corrected chi connectivity index (χ0v) is 8.38. The van der Waals surface area contributed by atoms with E-state index in [1.807, 2.05) is 0 Å². The molecule has 0 amide bonds. The highest BCUT2D eigenvalue weighted by molar-refractivity contribution is 6.02. The van der Waals surface area contributed by atoms with E-state index in [9.17, 15) is 9.59 Å². The Morgan fingerprint density at radius 1 is 1.38 bits per heavy atom. The molecule has 0 saturated carbocycles. The van der Waals surface area contributed by atoms with Gasteiger partial charge in [0, 0.05) is 17.7 Å². The van der Waals surface area contributed by atoms with Crippen molar-refractivity contribution in [3.8, 4) is 0 Å². The van der Waals surface area contributed by atoms with Gasteiger partial charge in [-0.15, -0.1) is 0 Å². The van der Waals surface area contributed by atoms with Gasteiger partial charge in [0.2, 0.25) is 0 Å². The largest absolute Gasteiger partial charge is 0.480 e. The maximum atomic E-state index is 11.6. The molecule has 0 fully saturated rings. The molecule has 0 aliphatic rings. The van der Waals surface area contributed by atoms with Crippen LogP contribution in [-0.2, 0) is 4.79 Å². The number of nitrogen functional groups attached to an aromatic ring is 1. The third-order valence-electron chi connectivity index (χ3n) is 2.10. The third kappa shape index (κ3) is 2.78. The number of ketones is 1. The van der Waals surface area contributed by atoms with E-state index in [2.05, 4.69) is 0 Å². The highest BCUT2D eigenvalue weighted by Gasteiger charge is 2.21. The van der Waals surface area contributed by atoms with E-state index in [-0.39, 0.29) is 17.7 Å². The molecule has 0 radical (unpaired) electrons. The van der Waals surface area contributed by atoms with E-state index in [0.29, 0.717) is 0 Å². The summed E-state index contributed by atoms with van der Waals surface area (Å²) < 4.78 is 0. The van der Waals surface area contributed by atoms with Gasteiger partial charge >= 0.3 is 5.97 Å². The van der Waals surface area contributed by atoms with E-state index in [0.717, 1.165) is 0 Å². The third-order valence-corrected chi connectivity index (χ3v) is 2.10. The first-order chi connectivity index (χ1) is 7.56. The number of carboxylic acid groups (broad SMARTS) is 1. The number of hydroxylamine groups is 1. The van der Waals surface area contributed by atoms with Crippen LogP contribution in [0.4, 0.5) is 5.69 Å². The summed E-state index contributed by atoms with van der Waals surface area (Å²) in [6.07, 6.45) is -0.361. The number of rotatable bonds is 5.